The summed E-state index contributed by atoms with van der Waals surface area (Å²) in [6.45, 7) is 9.41. The van der Waals surface area contributed by atoms with E-state index in [-0.39, 0.29) is 6.42 Å². The maximum absolute atomic E-state index is 10.1. The Bertz CT molecular complexity index is 194. The Balaban J connectivity index is 3.38. The van der Waals surface area contributed by atoms with Gasteiger partial charge in [-0.05, 0) is 18.9 Å². The average Bonchev–Trinajstić information content (AvgIpc) is 1.97. The molecule has 0 saturated heterocycles. The molecule has 0 aromatic heterocycles. The summed E-state index contributed by atoms with van der Waals surface area (Å²) < 4.78 is 5.10. The van der Waals surface area contributed by atoms with Crippen LogP contribution in [0.4, 0.5) is 0 Å². The third-order valence-corrected chi connectivity index (χ3v) is 1.29. The Labute approximate surface area is 72.3 Å². The predicted octanol–water partition coefficient (Wildman–Crippen LogP) is 1.96. The molecule has 0 fully saturated rings. The quantitative estimate of drug-likeness (QED) is 0.376. The lowest BCUT2D eigenvalue weighted by molar-refractivity contribution is -0.137. The van der Waals surface area contributed by atoms with Crippen molar-refractivity contribution in [2.45, 2.75) is 19.8 Å². The third kappa shape index (κ3) is 5.53. The van der Waals surface area contributed by atoms with Crippen LogP contribution in [0.5, 0.6) is 0 Å². The van der Waals surface area contributed by atoms with Gasteiger partial charge >= 0.3 is 5.97 Å². The van der Waals surface area contributed by atoms with Gasteiger partial charge in [0.2, 0.25) is 0 Å². The smallest absolute Gasteiger partial charge is 0.303 e. The highest BCUT2D eigenvalue weighted by molar-refractivity contribution is 5.66. The molecule has 0 radical (unpaired) electrons. The third-order valence-electron chi connectivity index (χ3n) is 1.29. The molecule has 3 heteroatoms. The minimum Gasteiger partial charge on any atom is -0.494 e. The van der Waals surface area contributed by atoms with E-state index in [1.807, 2.05) is 0 Å². The fourth-order valence-corrected chi connectivity index (χ4v) is 0.542. The summed E-state index contributed by atoms with van der Waals surface area (Å²) in [6.07, 6.45) is 0.630. The van der Waals surface area contributed by atoms with E-state index in [0.29, 0.717) is 18.8 Å². The van der Waals surface area contributed by atoms with Crippen molar-refractivity contribution < 1.29 is 14.6 Å². The molecule has 0 aliphatic rings. The number of carbonyl (C=O) groups is 1. The zero-order valence-electron chi connectivity index (χ0n) is 7.30. The van der Waals surface area contributed by atoms with Gasteiger partial charge in [0, 0.05) is 6.42 Å². The number of carboxylic acids is 1. The second kappa shape index (κ2) is 5.41. The number of carboxylic acid groups (broad SMARTS) is 1. The maximum atomic E-state index is 10.1. The van der Waals surface area contributed by atoms with Crippen molar-refractivity contribution in [3.8, 4) is 0 Å². The molecule has 0 bridgehead atoms. The van der Waals surface area contributed by atoms with Crippen molar-refractivity contribution in [2.75, 3.05) is 6.61 Å². The van der Waals surface area contributed by atoms with Gasteiger partial charge in [-0.3, -0.25) is 4.79 Å². The van der Waals surface area contributed by atoms with Gasteiger partial charge < -0.3 is 9.84 Å². The van der Waals surface area contributed by atoms with E-state index in [1.54, 1.807) is 6.92 Å². The highest BCUT2D eigenvalue weighted by atomic mass is 16.5. The average molecular weight is 170 g/mol. The summed E-state index contributed by atoms with van der Waals surface area (Å²) in [4.78, 5) is 10.1. The first-order chi connectivity index (χ1) is 5.54. The lowest BCUT2D eigenvalue weighted by Gasteiger charge is -2.06. The zero-order chi connectivity index (χ0) is 9.56. The molecular weight excluding hydrogens is 156 g/mol. The van der Waals surface area contributed by atoms with E-state index in [4.69, 9.17) is 9.84 Å². The van der Waals surface area contributed by atoms with E-state index >= 15 is 0 Å². The Hall–Kier alpha value is -1.25. The molecule has 1 N–H and O–H groups in total. The molecule has 0 aliphatic carbocycles. The molecule has 0 aromatic rings. The van der Waals surface area contributed by atoms with Crippen LogP contribution < -0.4 is 0 Å². The van der Waals surface area contributed by atoms with Crippen LogP contribution in [0, 0.1) is 0 Å². The van der Waals surface area contributed by atoms with Crippen molar-refractivity contribution in [1.82, 2.24) is 0 Å². The minimum absolute atomic E-state index is 0.128. The lowest BCUT2D eigenvalue weighted by Crippen LogP contribution is -1.99. The summed E-state index contributed by atoms with van der Waals surface area (Å²) >= 11 is 0. The molecule has 12 heavy (non-hydrogen) atoms. The van der Waals surface area contributed by atoms with Crippen LogP contribution in [0.3, 0.4) is 0 Å². The van der Waals surface area contributed by atoms with E-state index in [0.717, 1.165) is 5.57 Å². The highest BCUT2D eigenvalue weighted by Gasteiger charge is 1.98. The fourth-order valence-electron chi connectivity index (χ4n) is 0.542. The van der Waals surface area contributed by atoms with Crippen molar-refractivity contribution in [1.29, 1.82) is 0 Å². The van der Waals surface area contributed by atoms with Crippen LogP contribution in [-0.4, -0.2) is 17.7 Å². The molecule has 0 saturated carbocycles. The number of rotatable bonds is 6. The molecule has 0 aliphatic heterocycles. The van der Waals surface area contributed by atoms with Crippen molar-refractivity contribution in [3.05, 3.63) is 24.5 Å². The van der Waals surface area contributed by atoms with E-state index < -0.39 is 5.97 Å². The predicted molar refractivity (Wildman–Crippen MR) is 46.8 cm³/mol. The molecule has 3 nitrogen and oxygen atoms in total. The molecule has 0 aromatic carbocycles. The maximum Gasteiger partial charge on any atom is 0.303 e. The Morgan fingerprint density at radius 3 is 2.50 bits per heavy atom. The van der Waals surface area contributed by atoms with Crippen molar-refractivity contribution in [2.24, 2.45) is 0 Å². The van der Waals surface area contributed by atoms with Crippen LogP contribution in [0.2, 0.25) is 0 Å². The number of hydrogen-bond donors (Lipinski definition) is 1. The van der Waals surface area contributed by atoms with E-state index in [2.05, 4.69) is 13.2 Å². The topological polar surface area (TPSA) is 46.5 Å². The molecule has 0 spiro atoms. The zero-order valence-corrected chi connectivity index (χ0v) is 7.30. The number of hydrogen-bond acceptors (Lipinski definition) is 2. The molecule has 0 amide bonds. The second-order valence-corrected chi connectivity index (χ2v) is 2.55. The monoisotopic (exact) mass is 170 g/mol. The van der Waals surface area contributed by atoms with Crippen LogP contribution in [0.15, 0.2) is 24.5 Å². The summed E-state index contributed by atoms with van der Waals surface area (Å²) in [5.41, 5.74) is 0.769. The van der Waals surface area contributed by atoms with Crippen LogP contribution in [0.1, 0.15) is 19.8 Å². The SMILES string of the molecule is C=C(C)C(=C)OCCCC(=O)O. The first kappa shape index (κ1) is 10.8. The molecule has 68 valence electrons. The lowest BCUT2D eigenvalue weighted by atomic mass is 10.3. The minimum atomic E-state index is -0.806. The first-order valence-electron chi connectivity index (χ1n) is 3.73. The van der Waals surface area contributed by atoms with Gasteiger partial charge in [0.25, 0.3) is 0 Å². The molecule has 0 atom stereocenters. The molecule has 0 rings (SSSR count). The van der Waals surface area contributed by atoms with Crippen LogP contribution >= 0.6 is 0 Å². The number of allylic oxidation sites excluding steroid dienone is 1. The van der Waals surface area contributed by atoms with Gasteiger partial charge in [-0.15, -0.1) is 0 Å². The fraction of sp³-hybridized carbons (Fsp3) is 0.444. The number of aliphatic carboxylic acids is 1. The molecular formula is C9H14O3. The standard InChI is InChI=1S/C9H14O3/c1-7(2)8(3)12-6-4-5-9(10)11/h1,3-6H2,2H3,(H,10,11). The summed E-state index contributed by atoms with van der Waals surface area (Å²) in [5, 5.41) is 8.29. The van der Waals surface area contributed by atoms with Crippen LogP contribution in [-0.2, 0) is 9.53 Å². The molecule has 0 unspecified atom stereocenters. The van der Waals surface area contributed by atoms with Crippen molar-refractivity contribution in [3.63, 3.8) is 0 Å². The van der Waals surface area contributed by atoms with Gasteiger partial charge in [0.05, 0.1) is 6.61 Å². The normalized spacial score (nSPS) is 9.08. The van der Waals surface area contributed by atoms with E-state index in [9.17, 15) is 4.79 Å². The van der Waals surface area contributed by atoms with Gasteiger partial charge in [-0.2, -0.15) is 0 Å². The van der Waals surface area contributed by atoms with Crippen molar-refractivity contribution >= 4 is 5.97 Å². The van der Waals surface area contributed by atoms with Gasteiger partial charge in [0.1, 0.15) is 5.76 Å². The van der Waals surface area contributed by atoms with Crippen LogP contribution in [0.25, 0.3) is 0 Å². The Kier molecular flexibility index (Phi) is 4.84. The largest absolute Gasteiger partial charge is 0.494 e. The van der Waals surface area contributed by atoms with E-state index in [1.165, 1.54) is 0 Å². The summed E-state index contributed by atoms with van der Waals surface area (Å²) in [5.74, 6) is -0.278. The Morgan fingerprint density at radius 1 is 1.50 bits per heavy atom. The Morgan fingerprint density at radius 2 is 2.08 bits per heavy atom. The van der Waals surface area contributed by atoms with Gasteiger partial charge in [-0.1, -0.05) is 13.2 Å². The number of ether oxygens (including phenoxy) is 1. The van der Waals surface area contributed by atoms with Gasteiger partial charge in [-0.25, -0.2) is 0 Å². The summed E-state index contributed by atoms with van der Waals surface area (Å²) in [6, 6.07) is 0. The molecule has 0 heterocycles. The first-order valence-corrected chi connectivity index (χ1v) is 3.73. The highest BCUT2D eigenvalue weighted by Crippen LogP contribution is 2.05. The summed E-state index contributed by atoms with van der Waals surface area (Å²) in [7, 11) is 0. The second-order valence-electron chi connectivity index (χ2n) is 2.55. The van der Waals surface area contributed by atoms with Gasteiger partial charge in [0.15, 0.2) is 0 Å².